The molecule has 4 heterocycles. The molecule has 0 bridgehead atoms. The number of fused-ring (bicyclic) bond motifs is 1. The molecule has 0 saturated carbocycles. The van der Waals surface area contributed by atoms with Gasteiger partial charge >= 0.3 is 0 Å². The fraction of sp³-hybridized carbons (Fsp3) is 0.312. The van der Waals surface area contributed by atoms with Gasteiger partial charge in [0.2, 0.25) is 0 Å². The number of nitrogens with one attached hydrogen (secondary N) is 2. The molecule has 4 rings (SSSR count). The van der Waals surface area contributed by atoms with Crippen LogP contribution in [0.3, 0.4) is 0 Å². The van der Waals surface area contributed by atoms with Crippen LogP contribution in [0, 0.1) is 6.54 Å². The molecule has 5 N–H and O–H groups in total. The van der Waals surface area contributed by atoms with Crippen molar-refractivity contribution in [3.63, 3.8) is 0 Å². The standard InChI is InChI=1S/C16H19N6O2/c17-15-5-14(10-2-1-3-18-6-10)21-16-13(8-19-22(15)16)11-4-12(7-20-23)24-9-11/h4-5,7-10,18,20,23H,1-3,6,17H2. The Morgan fingerprint density at radius 1 is 1.46 bits per heavy atom. The molecule has 0 spiro atoms. The smallest absolute Gasteiger partial charge is 0.165 e. The van der Waals surface area contributed by atoms with Gasteiger partial charge < -0.3 is 20.7 Å². The normalized spacial score (nSPS) is 18.3. The Morgan fingerprint density at radius 2 is 2.38 bits per heavy atom. The maximum atomic E-state index is 8.73. The fourth-order valence-corrected chi connectivity index (χ4v) is 3.16. The van der Waals surface area contributed by atoms with Gasteiger partial charge in [0.05, 0.1) is 18.2 Å². The highest BCUT2D eigenvalue weighted by atomic mass is 16.5. The zero-order chi connectivity index (χ0) is 16.5. The summed E-state index contributed by atoms with van der Waals surface area (Å²) in [6, 6.07) is 3.71. The van der Waals surface area contributed by atoms with Gasteiger partial charge in [0.15, 0.2) is 5.65 Å². The number of rotatable bonds is 4. The van der Waals surface area contributed by atoms with Crippen LogP contribution in [-0.4, -0.2) is 32.9 Å². The van der Waals surface area contributed by atoms with Crippen LogP contribution in [0.15, 0.2) is 29.0 Å². The lowest BCUT2D eigenvalue weighted by Gasteiger charge is -2.22. The molecule has 1 radical (unpaired) electrons. The van der Waals surface area contributed by atoms with Gasteiger partial charge in [-0.05, 0) is 25.5 Å². The Balaban J connectivity index is 1.77. The summed E-state index contributed by atoms with van der Waals surface area (Å²) in [5, 5.41) is 16.5. The minimum absolute atomic E-state index is 0.362. The summed E-state index contributed by atoms with van der Waals surface area (Å²) in [4.78, 5) is 4.81. The van der Waals surface area contributed by atoms with E-state index in [-0.39, 0.29) is 0 Å². The third-order valence-electron chi connectivity index (χ3n) is 4.37. The van der Waals surface area contributed by atoms with E-state index in [0.29, 0.717) is 23.1 Å². The lowest BCUT2D eigenvalue weighted by Crippen LogP contribution is -2.29. The average Bonchev–Trinajstić information content (AvgIpc) is 3.23. The Bertz CT molecular complexity index is 849. The lowest BCUT2D eigenvalue weighted by atomic mass is 9.96. The Morgan fingerprint density at radius 3 is 3.17 bits per heavy atom. The van der Waals surface area contributed by atoms with Crippen molar-refractivity contribution in [1.29, 1.82) is 0 Å². The molecule has 3 aromatic rings. The molecule has 0 aromatic carbocycles. The van der Waals surface area contributed by atoms with Crippen molar-refractivity contribution < 1.29 is 9.62 Å². The van der Waals surface area contributed by atoms with Crippen molar-refractivity contribution in [2.24, 2.45) is 0 Å². The van der Waals surface area contributed by atoms with Gasteiger partial charge in [-0.15, -0.1) is 0 Å². The summed E-state index contributed by atoms with van der Waals surface area (Å²) in [5.41, 5.74) is 11.5. The van der Waals surface area contributed by atoms with E-state index in [1.54, 1.807) is 23.0 Å². The number of furan rings is 1. The van der Waals surface area contributed by atoms with Crippen molar-refractivity contribution in [3.8, 4) is 11.1 Å². The topological polar surface area (TPSA) is 114 Å². The summed E-state index contributed by atoms with van der Waals surface area (Å²) >= 11 is 0. The summed E-state index contributed by atoms with van der Waals surface area (Å²) < 4.78 is 7.01. The van der Waals surface area contributed by atoms with Crippen LogP contribution in [0.2, 0.25) is 0 Å². The fourth-order valence-electron chi connectivity index (χ4n) is 3.16. The van der Waals surface area contributed by atoms with Crippen molar-refractivity contribution >= 4 is 11.5 Å². The van der Waals surface area contributed by atoms with Crippen LogP contribution in [0.4, 0.5) is 5.82 Å². The molecule has 8 nitrogen and oxygen atoms in total. The molecule has 125 valence electrons. The first-order valence-corrected chi connectivity index (χ1v) is 7.93. The SMILES string of the molecule is Nc1cc(C2CCCNC2)nc2c(-c3coc([CH]NO)c3)cnn12. The lowest BCUT2D eigenvalue weighted by molar-refractivity contribution is 0.195. The molecule has 8 heteroatoms. The van der Waals surface area contributed by atoms with E-state index >= 15 is 0 Å². The van der Waals surface area contributed by atoms with E-state index in [0.717, 1.165) is 42.8 Å². The number of hydrogen-bond donors (Lipinski definition) is 4. The quantitative estimate of drug-likeness (QED) is 0.537. The molecule has 24 heavy (non-hydrogen) atoms. The number of anilines is 1. The van der Waals surface area contributed by atoms with Crippen LogP contribution in [0.1, 0.15) is 30.2 Å². The van der Waals surface area contributed by atoms with Gasteiger partial charge in [0.25, 0.3) is 0 Å². The molecule has 1 unspecified atom stereocenters. The molecular weight excluding hydrogens is 308 g/mol. The van der Waals surface area contributed by atoms with Crippen molar-refractivity contribution in [3.05, 3.63) is 42.6 Å². The number of hydroxylamine groups is 1. The van der Waals surface area contributed by atoms with E-state index < -0.39 is 0 Å². The first-order chi connectivity index (χ1) is 11.8. The van der Waals surface area contributed by atoms with Crippen LogP contribution in [-0.2, 0) is 0 Å². The number of nitrogen functional groups attached to an aromatic ring is 1. The molecule has 1 aliphatic rings. The Labute approximate surface area is 138 Å². The summed E-state index contributed by atoms with van der Waals surface area (Å²) in [6.07, 6.45) is 5.57. The first kappa shape index (κ1) is 15.1. The molecule has 1 fully saturated rings. The zero-order valence-corrected chi connectivity index (χ0v) is 13.1. The van der Waals surface area contributed by atoms with Gasteiger partial charge in [-0.3, -0.25) is 0 Å². The largest absolute Gasteiger partial charge is 0.467 e. The number of nitrogens with zero attached hydrogens (tertiary/aromatic N) is 3. The van der Waals surface area contributed by atoms with E-state index in [1.807, 2.05) is 11.5 Å². The van der Waals surface area contributed by atoms with E-state index in [4.69, 9.17) is 20.3 Å². The first-order valence-electron chi connectivity index (χ1n) is 7.93. The van der Waals surface area contributed by atoms with Gasteiger partial charge in [0.1, 0.15) is 18.1 Å². The van der Waals surface area contributed by atoms with Crippen molar-refractivity contribution in [2.75, 3.05) is 18.8 Å². The summed E-state index contributed by atoms with van der Waals surface area (Å²) in [5.74, 6) is 1.44. The van der Waals surface area contributed by atoms with Gasteiger partial charge in [-0.2, -0.15) is 15.1 Å². The second-order valence-corrected chi connectivity index (χ2v) is 5.95. The average molecular weight is 327 g/mol. The highest BCUT2D eigenvalue weighted by molar-refractivity contribution is 5.78. The van der Waals surface area contributed by atoms with E-state index in [9.17, 15) is 0 Å². The van der Waals surface area contributed by atoms with Crippen molar-refractivity contribution in [1.82, 2.24) is 25.4 Å². The highest BCUT2D eigenvalue weighted by Crippen LogP contribution is 2.30. The third kappa shape index (κ3) is 2.64. The predicted octanol–water partition coefficient (Wildman–Crippen LogP) is 1.53. The van der Waals surface area contributed by atoms with Crippen LogP contribution < -0.4 is 16.5 Å². The van der Waals surface area contributed by atoms with E-state index in [1.165, 1.54) is 6.54 Å². The van der Waals surface area contributed by atoms with Crippen LogP contribution >= 0.6 is 0 Å². The Kier molecular flexibility index (Phi) is 3.93. The number of hydrogen-bond acceptors (Lipinski definition) is 7. The maximum Gasteiger partial charge on any atom is 0.165 e. The molecule has 3 aromatic heterocycles. The van der Waals surface area contributed by atoms with Gasteiger partial charge in [-0.25, -0.2) is 4.98 Å². The number of aromatic nitrogens is 3. The highest BCUT2D eigenvalue weighted by Gasteiger charge is 2.20. The summed E-state index contributed by atoms with van der Waals surface area (Å²) in [6.45, 7) is 3.33. The van der Waals surface area contributed by atoms with Gasteiger partial charge in [-0.1, -0.05) is 0 Å². The molecule has 1 aliphatic heterocycles. The van der Waals surface area contributed by atoms with Gasteiger partial charge in [0, 0.05) is 29.7 Å². The van der Waals surface area contributed by atoms with Crippen LogP contribution in [0.5, 0.6) is 0 Å². The monoisotopic (exact) mass is 327 g/mol. The zero-order valence-electron chi connectivity index (χ0n) is 13.1. The number of piperidine rings is 1. The maximum absolute atomic E-state index is 8.73. The second kappa shape index (κ2) is 6.23. The molecular formula is C16H19N6O2. The molecule has 1 atom stereocenters. The minimum Gasteiger partial charge on any atom is -0.467 e. The number of nitrogens with two attached hydrogens (primary N) is 1. The Hall–Kier alpha value is -2.42. The second-order valence-electron chi connectivity index (χ2n) is 5.95. The van der Waals surface area contributed by atoms with E-state index in [2.05, 4.69) is 10.4 Å². The predicted molar refractivity (Wildman–Crippen MR) is 88.3 cm³/mol. The summed E-state index contributed by atoms with van der Waals surface area (Å²) in [7, 11) is 0. The van der Waals surface area contributed by atoms with Crippen molar-refractivity contribution in [2.45, 2.75) is 18.8 Å². The van der Waals surface area contributed by atoms with Crippen LogP contribution in [0.25, 0.3) is 16.8 Å². The minimum atomic E-state index is 0.362. The molecule has 0 aliphatic carbocycles. The molecule has 1 saturated heterocycles. The molecule has 0 amide bonds. The third-order valence-corrected chi connectivity index (χ3v) is 4.37.